The standard InChI is InChI=1S/C15H19N3/c1-11-13(8-17-10-15(2,3)9-16)12-6-4-5-7-14(12)18-11/h4-7,17-18H,8,10H2,1-3H3. The molecular formula is C15H19N3. The van der Waals surface area contributed by atoms with Gasteiger partial charge in [-0.3, -0.25) is 0 Å². The molecule has 0 bridgehead atoms. The third-order valence-corrected chi connectivity index (χ3v) is 3.20. The molecule has 2 N–H and O–H groups in total. The van der Waals surface area contributed by atoms with Crippen molar-refractivity contribution in [2.24, 2.45) is 5.41 Å². The minimum absolute atomic E-state index is 0.319. The van der Waals surface area contributed by atoms with Gasteiger partial charge in [-0.1, -0.05) is 18.2 Å². The minimum Gasteiger partial charge on any atom is -0.358 e. The first-order valence-corrected chi connectivity index (χ1v) is 6.22. The molecule has 0 saturated carbocycles. The topological polar surface area (TPSA) is 51.6 Å². The van der Waals surface area contributed by atoms with Gasteiger partial charge >= 0.3 is 0 Å². The zero-order chi connectivity index (χ0) is 13.2. The van der Waals surface area contributed by atoms with Crippen molar-refractivity contribution in [1.29, 1.82) is 5.26 Å². The predicted molar refractivity (Wildman–Crippen MR) is 74.1 cm³/mol. The Hall–Kier alpha value is -1.79. The van der Waals surface area contributed by atoms with Gasteiger partial charge in [-0.05, 0) is 32.4 Å². The summed E-state index contributed by atoms with van der Waals surface area (Å²) in [6.45, 7) is 7.47. The summed E-state index contributed by atoms with van der Waals surface area (Å²) in [6, 6.07) is 10.6. The fourth-order valence-electron chi connectivity index (χ4n) is 2.10. The maximum atomic E-state index is 8.98. The van der Waals surface area contributed by atoms with E-state index in [0.29, 0.717) is 6.54 Å². The summed E-state index contributed by atoms with van der Waals surface area (Å²) in [7, 11) is 0. The lowest BCUT2D eigenvalue weighted by Gasteiger charge is -2.15. The average molecular weight is 241 g/mol. The normalized spacial score (nSPS) is 11.7. The van der Waals surface area contributed by atoms with Crippen molar-refractivity contribution >= 4 is 10.9 Å². The van der Waals surface area contributed by atoms with Crippen LogP contribution in [0, 0.1) is 23.7 Å². The number of rotatable bonds is 4. The number of H-pyrrole nitrogens is 1. The van der Waals surface area contributed by atoms with Crippen LogP contribution >= 0.6 is 0 Å². The summed E-state index contributed by atoms with van der Waals surface area (Å²) in [6.07, 6.45) is 0. The first-order valence-electron chi connectivity index (χ1n) is 6.22. The Balaban J connectivity index is 2.13. The number of nitrogens with zero attached hydrogens (tertiary/aromatic N) is 1. The van der Waals surface area contributed by atoms with E-state index in [1.807, 2.05) is 19.9 Å². The number of hydrogen-bond donors (Lipinski definition) is 2. The second-order valence-corrected chi connectivity index (χ2v) is 5.37. The van der Waals surface area contributed by atoms with Crippen LogP contribution in [-0.4, -0.2) is 11.5 Å². The van der Waals surface area contributed by atoms with E-state index in [1.54, 1.807) is 0 Å². The van der Waals surface area contributed by atoms with Gasteiger partial charge in [0, 0.05) is 29.7 Å². The van der Waals surface area contributed by atoms with Gasteiger partial charge < -0.3 is 10.3 Å². The molecule has 0 spiro atoms. The Morgan fingerprint density at radius 1 is 1.33 bits per heavy atom. The molecule has 1 aromatic heterocycles. The molecule has 0 aliphatic rings. The number of aryl methyl sites for hydroxylation is 1. The van der Waals surface area contributed by atoms with Crippen LogP contribution in [0.25, 0.3) is 10.9 Å². The van der Waals surface area contributed by atoms with E-state index in [-0.39, 0.29) is 5.41 Å². The molecule has 0 unspecified atom stereocenters. The molecule has 2 aromatic rings. The summed E-state index contributed by atoms with van der Waals surface area (Å²) in [5, 5.41) is 13.6. The number of aromatic amines is 1. The Morgan fingerprint density at radius 2 is 2.06 bits per heavy atom. The van der Waals surface area contributed by atoms with Gasteiger partial charge in [-0.2, -0.15) is 5.26 Å². The number of aromatic nitrogens is 1. The zero-order valence-electron chi connectivity index (χ0n) is 11.2. The smallest absolute Gasteiger partial charge is 0.0697 e. The number of hydrogen-bond acceptors (Lipinski definition) is 2. The number of fused-ring (bicyclic) bond motifs is 1. The Labute approximate surface area is 108 Å². The summed E-state index contributed by atoms with van der Waals surface area (Å²) in [5.41, 5.74) is 3.34. The van der Waals surface area contributed by atoms with Crippen LogP contribution in [-0.2, 0) is 6.54 Å². The first-order chi connectivity index (χ1) is 8.53. The van der Waals surface area contributed by atoms with Crippen LogP contribution in [0.5, 0.6) is 0 Å². The molecule has 18 heavy (non-hydrogen) atoms. The van der Waals surface area contributed by atoms with Crippen LogP contribution in [0.1, 0.15) is 25.1 Å². The molecule has 0 aliphatic heterocycles. The molecule has 0 aliphatic carbocycles. The third-order valence-electron chi connectivity index (χ3n) is 3.20. The molecule has 0 fully saturated rings. The lowest BCUT2D eigenvalue weighted by atomic mass is 9.96. The fourth-order valence-corrected chi connectivity index (χ4v) is 2.10. The minimum atomic E-state index is -0.319. The highest BCUT2D eigenvalue weighted by molar-refractivity contribution is 5.84. The van der Waals surface area contributed by atoms with Crippen molar-refractivity contribution in [3.05, 3.63) is 35.5 Å². The molecule has 0 saturated heterocycles. The number of nitrogens with one attached hydrogen (secondary N) is 2. The van der Waals surface area contributed by atoms with Gasteiger partial charge in [-0.15, -0.1) is 0 Å². The van der Waals surface area contributed by atoms with Gasteiger partial charge in [0.25, 0.3) is 0 Å². The molecule has 3 heteroatoms. The average Bonchev–Trinajstić information content (AvgIpc) is 2.66. The Kier molecular flexibility index (Phi) is 3.40. The van der Waals surface area contributed by atoms with Crippen molar-refractivity contribution in [2.75, 3.05) is 6.54 Å². The lowest BCUT2D eigenvalue weighted by molar-refractivity contribution is 0.445. The van der Waals surface area contributed by atoms with E-state index >= 15 is 0 Å². The highest BCUT2D eigenvalue weighted by Crippen LogP contribution is 2.21. The maximum Gasteiger partial charge on any atom is 0.0697 e. The first kappa shape index (κ1) is 12.7. The van der Waals surface area contributed by atoms with Crippen molar-refractivity contribution in [2.45, 2.75) is 27.3 Å². The van der Waals surface area contributed by atoms with E-state index in [2.05, 4.69) is 41.5 Å². The van der Waals surface area contributed by atoms with Crippen LogP contribution in [0.3, 0.4) is 0 Å². The van der Waals surface area contributed by atoms with Crippen molar-refractivity contribution < 1.29 is 0 Å². The van der Waals surface area contributed by atoms with Gasteiger partial charge in [0.15, 0.2) is 0 Å². The molecule has 0 radical (unpaired) electrons. The predicted octanol–water partition coefficient (Wildman–Crippen LogP) is 3.12. The van der Waals surface area contributed by atoms with Crippen molar-refractivity contribution in [1.82, 2.24) is 10.3 Å². The van der Waals surface area contributed by atoms with E-state index in [4.69, 9.17) is 5.26 Å². The van der Waals surface area contributed by atoms with Crippen molar-refractivity contribution in [3.63, 3.8) is 0 Å². The summed E-state index contributed by atoms with van der Waals surface area (Å²) in [4.78, 5) is 3.38. The number of nitriles is 1. The molecule has 1 heterocycles. The van der Waals surface area contributed by atoms with Crippen LogP contribution in [0.4, 0.5) is 0 Å². The second-order valence-electron chi connectivity index (χ2n) is 5.37. The Bertz CT molecular complexity index is 587. The van der Waals surface area contributed by atoms with Crippen molar-refractivity contribution in [3.8, 4) is 6.07 Å². The quantitative estimate of drug-likeness (QED) is 0.864. The van der Waals surface area contributed by atoms with Gasteiger partial charge in [-0.25, -0.2) is 0 Å². The molecule has 0 amide bonds. The lowest BCUT2D eigenvalue weighted by Crippen LogP contribution is -2.27. The summed E-state index contributed by atoms with van der Waals surface area (Å²) < 4.78 is 0. The van der Waals surface area contributed by atoms with E-state index in [9.17, 15) is 0 Å². The summed E-state index contributed by atoms with van der Waals surface area (Å²) in [5.74, 6) is 0. The maximum absolute atomic E-state index is 8.98. The fraction of sp³-hybridized carbons (Fsp3) is 0.400. The van der Waals surface area contributed by atoms with Crippen LogP contribution in [0.2, 0.25) is 0 Å². The second kappa shape index (κ2) is 4.83. The molecule has 0 atom stereocenters. The highest BCUT2D eigenvalue weighted by atomic mass is 14.9. The van der Waals surface area contributed by atoms with E-state index in [1.165, 1.54) is 22.2 Å². The molecular weight excluding hydrogens is 222 g/mol. The van der Waals surface area contributed by atoms with Gasteiger partial charge in [0.2, 0.25) is 0 Å². The van der Waals surface area contributed by atoms with E-state index < -0.39 is 0 Å². The SMILES string of the molecule is Cc1[nH]c2ccccc2c1CNCC(C)(C)C#N. The largest absolute Gasteiger partial charge is 0.358 e. The van der Waals surface area contributed by atoms with Gasteiger partial charge in [0.05, 0.1) is 11.5 Å². The molecule has 1 aromatic carbocycles. The number of para-hydroxylation sites is 1. The molecule has 2 rings (SSSR count). The monoisotopic (exact) mass is 241 g/mol. The van der Waals surface area contributed by atoms with Crippen LogP contribution < -0.4 is 5.32 Å². The third kappa shape index (κ3) is 2.55. The van der Waals surface area contributed by atoms with Gasteiger partial charge in [0.1, 0.15) is 0 Å². The Morgan fingerprint density at radius 3 is 2.78 bits per heavy atom. The molecule has 94 valence electrons. The van der Waals surface area contributed by atoms with Crippen LogP contribution in [0.15, 0.2) is 24.3 Å². The molecule has 3 nitrogen and oxygen atoms in total. The zero-order valence-corrected chi connectivity index (χ0v) is 11.2. The number of benzene rings is 1. The highest BCUT2D eigenvalue weighted by Gasteiger charge is 2.16. The van der Waals surface area contributed by atoms with E-state index in [0.717, 1.165) is 6.54 Å². The summed E-state index contributed by atoms with van der Waals surface area (Å²) >= 11 is 0.